The van der Waals surface area contributed by atoms with Crippen LogP contribution in [0.5, 0.6) is 5.75 Å². The molecule has 3 amide bonds. The summed E-state index contributed by atoms with van der Waals surface area (Å²) in [5, 5.41) is 18.8. The normalized spacial score (nSPS) is 18.6. The molecule has 5 N–H and O–H groups in total. The first kappa shape index (κ1) is 32.4. The molecule has 3 heterocycles. The van der Waals surface area contributed by atoms with Crippen LogP contribution >= 0.6 is 22.6 Å². The van der Waals surface area contributed by atoms with Crippen molar-refractivity contribution in [2.24, 2.45) is 5.92 Å². The van der Waals surface area contributed by atoms with Crippen LogP contribution in [0.25, 0.3) is 0 Å². The van der Waals surface area contributed by atoms with E-state index in [1.54, 1.807) is 19.2 Å². The maximum Gasteiger partial charge on any atom is 0.328 e. The summed E-state index contributed by atoms with van der Waals surface area (Å²) in [4.78, 5) is 51.1. The van der Waals surface area contributed by atoms with Gasteiger partial charge in [0.1, 0.15) is 5.75 Å². The molecule has 3 aliphatic rings. The molecule has 0 saturated carbocycles. The third-order valence-electron chi connectivity index (χ3n) is 7.63. The van der Waals surface area contributed by atoms with Crippen molar-refractivity contribution in [2.75, 3.05) is 58.7 Å². The number of anilines is 1. The van der Waals surface area contributed by atoms with Crippen molar-refractivity contribution in [2.45, 2.75) is 44.6 Å². The van der Waals surface area contributed by atoms with Crippen LogP contribution in [-0.2, 0) is 9.59 Å². The van der Waals surface area contributed by atoms with Gasteiger partial charge in [-0.05, 0) is 73.1 Å². The number of carbonyl (C=O) groups is 4. The number of aliphatic carboxylic acids is 2. The zero-order valence-corrected chi connectivity index (χ0v) is 25.5. The molecule has 0 unspecified atom stereocenters. The van der Waals surface area contributed by atoms with Crippen LogP contribution in [0.1, 0.15) is 48.9 Å². The molecule has 4 rings (SSSR count). The van der Waals surface area contributed by atoms with Crippen LogP contribution < -0.4 is 15.8 Å². The van der Waals surface area contributed by atoms with E-state index >= 15 is 0 Å². The lowest BCUT2D eigenvalue weighted by Gasteiger charge is -2.38. The highest BCUT2D eigenvalue weighted by molar-refractivity contribution is 14.1. The SMILES string of the molecule is COc1cc(N)c(I)cc1C(=O)NC1CCN(CC2CCN(C(=O)N3CCCC3)CC2)CC1.O=C(O)/C=C/C(=O)O. The Morgan fingerprint density at radius 2 is 1.51 bits per heavy atom. The maximum atomic E-state index is 12.9. The van der Waals surface area contributed by atoms with Crippen molar-refractivity contribution >= 4 is 52.2 Å². The van der Waals surface area contributed by atoms with Crippen LogP contribution in [0.15, 0.2) is 24.3 Å². The number of nitrogens with zero attached hydrogens (tertiary/aromatic N) is 3. The molecule has 1 aromatic rings. The number of hydrogen-bond donors (Lipinski definition) is 4. The third-order valence-corrected chi connectivity index (χ3v) is 8.57. The number of nitrogens with two attached hydrogens (primary N) is 1. The van der Waals surface area contributed by atoms with Gasteiger partial charge in [0.15, 0.2) is 0 Å². The number of rotatable bonds is 7. The van der Waals surface area contributed by atoms with Gasteiger partial charge in [-0.1, -0.05) is 0 Å². The molecular weight excluding hydrogens is 645 g/mol. The zero-order chi connectivity index (χ0) is 29.9. The Morgan fingerprint density at radius 3 is 2.05 bits per heavy atom. The number of piperidine rings is 2. The van der Waals surface area contributed by atoms with E-state index in [2.05, 4.69) is 37.7 Å². The fraction of sp³-hybridized carbons (Fsp3) is 0.571. The molecule has 13 heteroatoms. The molecule has 12 nitrogen and oxygen atoms in total. The number of hydrogen-bond acceptors (Lipinski definition) is 7. The summed E-state index contributed by atoms with van der Waals surface area (Å²) < 4.78 is 6.21. The molecule has 3 aliphatic heterocycles. The minimum absolute atomic E-state index is 0.0988. The lowest BCUT2D eigenvalue weighted by Crippen LogP contribution is -2.49. The van der Waals surface area contributed by atoms with Crippen molar-refractivity contribution in [3.63, 3.8) is 0 Å². The molecule has 0 aliphatic carbocycles. The van der Waals surface area contributed by atoms with Gasteiger partial charge in [0.25, 0.3) is 5.91 Å². The number of urea groups is 1. The second-order valence-electron chi connectivity index (χ2n) is 10.5. The molecule has 0 spiro atoms. The highest BCUT2D eigenvalue weighted by Crippen LogP contribution is 2.27. The number of nitrogens with one attached hydrogen (secondary N) is 1. The molecule has 0 aromatic heterocycles. The van der Waals surface area contributed by atoms with Crippen molar-refractivity contribution in [1.29, 1.82) is 0 Å². The maximum absolute atomic E-state index is 12.9. The molecule has 226 valence electrons. The molecule has 0 bridgehead atoms. The Bertz CT molecular complexity index is 1090. The van der Waals surface area contributed by atoms with Crippen molar-refractivity contribution in [3.05, 3.63) is 33.4 Å². The third kappa shape index (κ3) is 10.1. The van der Waals surface area contributed by atoms with E-state index in [4.69, 9.17) is 20.7 Å². The molecule has 41 heavy (non-hydrogen) atoms. The summed E-state index contributed by atoms with van der Waals surface area (Å²) in [5.41, 5.74) is 7.10. The number of carbonyl (C=O) groups excluding carboxylic acids is 2. The van der Waals surface area contributed by atoms with Gasteiger partial charge in [-0.15, -0.1) is 0 Å². The van der Waals surface area contributed by atoms with E-state index in [-0.39, 0.29) is 18.0 Å². The number of methoxy groups -OCH3 is 1. The molecule has 3 saturated heterocycles. The number of carboxylic acids is 2. The number of amides is 3. The first-order chi connectivity index (χ1) is 19.6. The van der Waals surface area contributed by atoms with Crippen molar-refractivity contribution in [3.8, 4) is 5.75 Å². The van der Waals surface area contributed by atoms with E-state index in [0.29, 0.717) is 35.1 Å². The Kier molecular flexibility index (Phi) is 12.5. The topological polar surface area (TPSA) is 166 Å². The summed E-state index contributed by atoms with van der Waals surface area (Å²) >= 11 is 2.14. The van der Waals surface area contributed by atoms with E-state index in [1.807, 2.05) is 4.90 Å². The van der Waals surface area contributed by atoms with Gasteiger partial charge in [-0.25, -0.2) is 14.4 Å². The quantitative estimate of drug-likeness (QED) is 0.192. The van der Waals surface area contributed by atoms with E-state index in [1.165, 1.54) is 0 Å². The van der Waals surface area contributed by atoms with E-state index in [9.17, 15) is 19.2 Å². The van der Waals surface area contributed by atoms with Crippen molar-refractivity contribution < 1.29 is 34.1 Å². The monoisotopic (exact) mass is 685 g/mol. The molecular formula is C28H40IN5O7. The van der Waals surface area contributed by atoms with Crippen molar-refractivity contribution in [1.82, 2.24) is 20.0 Å². The lowest BCUT2D eigenvalue weighted by atomic mass is 9.94. The minimum Gasteiger partial charge on any atom is -0.496 e. The van der Waals surface area contributed by atoms with Gasteiger partial charge in [0.2, 0.25) is 0 Å². The van der Waals surface area contributed by atoms with Crippen LogP contribution in [0.4, 0.5) is 10.5 Å². The highest BCUT2D eigenvalue weighted by atomic mass is 127. The molecule has 3 fully saturated rings. The smallest absolute Gasteiger partial charge is 0.328 e. The second-order valence-corrected chi connectivity index (χ2v) is 11.7. The van der Waals surface area contributed by atoms with Gasteiger partial charge >= 0.3 is 18.0 Å². The van der Waals surface area contributed by atoms with Crippen LogP contribution in [0, 0.1) is 9.49 Å². The van der Waals surface area contributed by atoms with Gasteiger partial charge in [0, 0.05) is 79.3 Å². The Morgan fingerprint density at radius 1 is 0.951 bits per heavy atom. The van der Waals surface area contributed by atoms with Gasteiger partial charge in [0.05, 0.1) is 12.7 Å². The highest BCUT2D eigenvalue weighted by Gasteiger charge is 2.30. The predicted molar refractivity (Wildman–Crippen MR) is 162 cm³/mol. The van der Waals surface area contributed by atoms with Crippen LogP contribution in [0.3, 0.4) is 0 Å². The number of nitrogen functional groups attached to an aromatic ring is 1. The van der Waals surface area contributed by atoms with Crippen LogP contribution in [0.2, 0.25) is 0 Å². The number of halogens is 1. The minimum atomic E-state index is -1.26. The first-order valence-electron chi connectivity index (χ1n) is 13.9. The van der Waals surface area contributed by atoms with E-state index in [0.717, 1.165) is 87.9 Å². The Hall–Kier alpha value is -3.07. The summed E-state index contributed by atoms with van der Waals surface area (Å²) in [6, 6.07) is 3.92. The average Bonchev–Trinajstić information content (AvgIpc) is 3.50. The van der Waals surface area contributed by atoms with E-state index < -0.39 is 11.9 Å². The summed E-state index contributed by atoms with van der Waals surface area (Å²) in [6.07, 6.45) is 7.48. The average molecular weight is 686 g/mol. The lowest BCUT2D eigenvalue weighted by molar-refractivity contribution is -0.134. The number of carboxylic acid groups (broad SMARTS) is 2. The fourth-order valence-corrected chi connectivity index (χ4v) is 5.83. The van der Waals surface area contributed by atoms with Gasteiger partial charge in [-0.3, -0.25) is 4.79 Å². The summed E-state index contributed by atoms with van der Waals surface area (Å²) in [5.74, 6) is -1.45. The summed E-state index contributed by atoms with van der Waals surface area (Å²) in [6.45, 7) is 6.70. The molecule has 0 atom stereocenters. The molecule has 0 radical (unpaired) electrons. The first-order valence-corrected chi connectivity index (χ1v) is 15.0. The zero-order valence-electron chi connectivity index (χ0n) is 23.4. The number of ether oxygens (including phenoxy) is 1. The Labute approximate surface area is 254 Å². The largest absolute Gasteiger partial charge is 0.496 e. The number of likely N-dealkylation sites (tertiary alicyclic amines) is 3. The van der Waals surface area contributed by atoms with Crippen LogP contribution in [-0.4, -0.2) is 108 Å². The molecule has 1 aromatic carbocycles. The second kappa shape index (κ2) is 15.8. The van der Waals surface area contributed by atoms with Gasteiger partial charge in [-0.2, -0.15) is 0 Å². The standard InChI is InChI=1S/C24H36IN5O3.C4H4O4/c1-33-22-15-21(26)20(25)14-19(22)23(31)27-18-6-10-28(11-7-18)16-17-4-12-30(13-5-17)24(32)29-8-2-3-9-29;5-3(6)1-2-4(7)8/h14-15,17-18H,2-13,16,26H2,1H3,(H,27,31);1-2H,(H,5,6)(H,7,8)/b;2-1+. The Balaban J connectivity index is 0.000000507. The number of benzene rings is 1. The predicted octanol–water partition coefficient (Wildman–Crippen LogP) is 2.72. The fourth-order valence-electron chi connectivity index (χ4n) is 5.36. The van der Waals surface area contributed by atoms with Gasteiger partial charge < -0.3 is 40.7 Å². The summed E-state index contributed by atoms with van der Waals surface area (Å²) in [7, 11) is 1.56.